The zero-order chi connectivity index (χ0) is 33.3. The number of carboxylic acids is 1. The summed E-state index contributed by atoms with van der Waals surface area (Å²) in [7, 11) is -3.57. The molecule has 16 heteroatoms. The normalized spacial score (nSPS) is 15.7. The molecule has 2 aromatic carbocycles. The van der Waals surface area contributed by atoms with E-state index in [0.29, 0.717) is 41.6 Å². The predicted octanol–water partition coefficient (Wildman–Crippen LogP) is 2.29. The number of likely N-dealkylation sites (tertiary alicyclic amines) is 1. The summed E-state index contributed by atoms with van der Waals surface area (Å²) >= 11 is 6.13. The highest BCUT2D eigenvalue weighted by Gasteiger charge is 2.32. The summed E-state index contributed by atoms with van der Waals surface area (Å²) in [6.07, 6.45) is 3.43. The molecule has 2 aliphatic rings. The van der Waals surface area contributed by atoms with Gasteiger partial charge in [0.15, 0.2) is 0 Å². The van der Waals surface area contributed by atoms with Crippen molar-refractivity contribution in [3.63, 3.8) is 0 Å². The first kappa shape index (κ1) is 32.9. The Labute approximate surface area is 267 Å². The number of nitrogens with one attached hydrogen (secondary N) is 1. The maximum atomic E-state index is 14.3. The third-order valence-corrected chi connectivity index (χ3v) is 9.51. The lowest BCUT2D eigenvalue weighted by atomic mass is 10.0. The summed E-state index contributed by atoms with van der Waals surface area (Å²) in [6.45, 7) is -0.0521. The molecule has 2 aliphatic heterocycles. The molecular weight excluding hydrogens is 645 g/mol. The monoisotopic (exact) mass is 675 g/mol. The van der Waals surface area contributed by atoms with Gasteiger partial charge in [-0.1, -0.05) is 23.7 Å². The average Bonchev–Trinajstić information content (AvgIpc) is 3.17. The highest BCUT2D eigenvalue weighted by Crippen LogP contribution is 2.28. The van der Waals surface area contributed by atoms with Crippen LogP contribution in [0.2, 0.25) is 5.02 Å². The molecule has 1 aromatic heterocycles. The second kappa shape index (κ2) is 13.1. The van der Waals surface area contributed by atoms with Crippen LogP contribution in [0.5, 0.6) is 0 Å². The standard InChI is InChI=1S/C30H31ClFN5O8S/c1-46(44,45)14-13-37-27(39)22(21-3-2-4-23(32)26(21)31)16-35(30(37)43)17-25(38)34-10-8-20(9-11-34)36-12-7-18-15-19(28(40)41)5-6-24(18)33-29(36)42/h2-6,15-16,20H,7-14,17H2,1H3,(H,33,42)(H,40,41). The first-order valence-electron chi connectivity index (χ1n) is 14.4. The molecule has 0 saturated carbocycles. The Hall–Kier alpha value is -4.50. The zero-order valence-corrected chi connectivity index (χ0v) is 26.3. The fourth-order valence-corrected chi connectivity index (χ4v) is 6.47. The molecular formula is C30H31ClFN5O8S. The first-order chi connectivity index (χ1) is 21.7. The number of hydrogen-bond acceptors (Lipinski definition) is 7. The lowest BCUT2D eigenvalue weighted by Gasteiger charge is -2.38. The minimum Gasteiger partial charge on any atom is -0.478 e. The Balaban J connectivity index is 1.32. The van der Waals surface area contributed by atoms with Gasteiger partial charge in [-0.05, 0) is 49.1 Å². The number of hydrogen-bond donors (Lipinski definition) is 2. The van der Waals surface area contributed by atoms with Crippen molar-refractivity contribution in [2.24, 2.45) is 0 Å². The molecule has 0 spiro atoms. The van der Waals surface area contributed by atoms with Crippen LogP contribution >= 0.6 is 11.6 Å². The van der Waals surface area contributed by atoms with Crippen LogP contribution in [-0.2, 0) is 34.1 Å². The van der Waals surface area contributed by atoms with Gasteiger partial charge in [-0.25, -0.2) is 27.2 Å². The molecule has 244 valence electrons. The summed E-state index contributed by atoms with van der Waals surface area (Å²) in [5.74, 6) is -2.82. The number of aromatic nitrogens is 2. The van der Waals surface area contributed by atoms with E-state index in [-0.39, 0.29) is 46.9 Å². The maximum Gasteiger partial charge on any atom is 0.335 e. The molecule has 3 aromatic rings. The Kier molecular flexibility index (Phi) is 9.35. The van der Waals surface area contributed by atoms with Gasteiger partial charge in [0, 0.05) is 55.9 Å². The minimum atomic E-state index is -3.57. The SMILES string of the molecule is CS(=O)(=O)CCn1c(=O)c(-c2cccc(F)c2Cl)cn(CC(=O)N2CCC(N3CCc4cc(C(=O)O)ccc4NC3=O)CC2)c1=O. The Bertz CT molecular complexity index is 1950. The highest BCUT2D eigenvalue weighted by atomic mass is 35.5. The van der Waals surface area contributed by atoms with E-state index in [9.17, 15) is 41.9 Å². The van der Waals surface area contributed by atoms with Crippen molar-refractivity contribution >= 4 is 45.0 Å². The molecule has 5 rings (SSSR count). The summed E-state index contributed by atoms with van der Waals surface area (Å²) < 4.78 is 39.6. The number of benzene rings is 2. The van der Waals surface area contributed by atoms with Crippen LogP contribution in [0.3, 0.4) is 0 Å². The number of carbonyl (C=O) groups excluding carboxylic acids is 2. The number of rotatable bonds is 8. The molecule has 0 radical (unpaired) electrons. The van der Waals surface area contributed by atoms with Crippen molar-refractivity contribution in [2.75, 3.05) is 37.0 Å². The van der Waals surface area contributed by atoms with Crippen molar-refractivity contribution < 1.29 is 32.3 Å². The van der Waals surface area contributed by atoms with Crippen LogP contribution in [0.25, 0.3) is 11.1 Å². The maximum absolute atomic E-state index is 14.3. The summed E-state index contributed by atoms with van der Waals surface area (Å²) in [6, 6.07) is 7.84. The topological polar surface area (TPSA) is 168 Å². The molecule has 3 heterocycles. The van der Waals surface area contributed by atoms with Gasteiger partial charge in [0.05, 0.1) is 21.9 Å². The second-order valence-corrected chi connectivity index (χ2v) is 13.9. The molecule has 0 unspecified atom stereocenters. The number of urea groups is 1. The Morgan fingerprint density at radius 3 is 2.46 bits per heavy atom. The van der Waals surface area contributed by atoms with Crippen LogP contribution in [-0.4, -0.2) is 88.1 Å². The van der Waals surface area contributed by atoms with Crippen LogP contribution in [0.15, 0.2) is 52.2 Å². The Morgan fingerprint density at radius 2 is 1.78 bits per heavy atom. The quantitative estimate of drug-likeness (QED) is 0.367. The molecule has 0 aliphatic carbocycles. The van der Waals surface area contributed by atoms with Gasteiger partial charge in [-0.3, -0.25) is 18.7 Å². The zero-order valence-electron chi connectivity index (χ0n) is 24.7. The van der Waals surface area contributed by atoms with E-state index in [0.717, 1.165) is 23.1 Å². The molecule has 1 fully saturated rings. The van der Waals surface area contributed by atoms with Gasteiger partial charge in [0.2, 0.25) is 5.91 Å². The van der Waals surface area contributed by atoms with E-state index in [1.54, 1.807) is 17.0 Å². The van der Waals surface area contributed by atoms with Crippen molar-refractivity contribution in [3.8, 4) is 11.1 Å². The third kappa shape index (κ3) is 6.99. The number of fused-ring (bicyclic) bond motifs is 1. The number of anilines is 1. The van der Waals surface area contributed by atoms with Gasteiger partial charge in [0.1, 0.15) is 22.2 Å². The van der Waals surface area contributed by atoms with E-state index >= 15 is 0 Å². The van der Waals surface area contributed by atoms with Gasteiger partial charge in [0.25, 0.3) is 5.56 Å². The molecule has 46 heavy (non-hydrogen) atoms. The predicted molar refractivity (Wildman–Crippen MR) is 168 cm³/mol. The van der Waals surface area contributed by atoms with E-state index in [1.165, 1.54) is 23.1 Å². The highest BCUT2D eigenvalue weighted by molar-refractivity contribution is 7.90. The minimum absolute atomic E-state index is 0.0150. The van der Waals surface area contributed by atoms with Gasteiger partial charge in [-0.15, -0.1) is 0 Å². The summed E-state index contributed by atoms with van der Waals surface area (Å²) in [5.41, 5.74) is -0.573. The number of sulfone groups is 1. The third-order valence-electron chi connectivity index (χ3n) is 8.20. The van der Waals surface area contributed by atoms with Crippen LogP contribution in [0, 0.1) is 5.82 Å². The van der Waals surface area contributed by atoms with E-state index in [1.807, 2.05) is 0 Å². The molecule has 13 nitrogen and oxygen atoms in total. The van der Waals surface area contributed by atoms with Gasteiger partial charge < -0.3 is 20.2 Å². The lowest BCUT2D eigenvalue weighted by Crippen LogP contribution is -2.51. The van der Waals surface area contributed by atoms with Crippen molar-refractivity contribution in [1.82, 2.24) is 18.9 Å². The van der Waals surface area contributed by atoms with Crippen LogP contribution in [0.1, 0.15) is 28.8 Å². The molecule has 3 amide bonds. The smallest absolute Gasteiger partial charge is 0.335 e. The second-order valence-electron chi connectivity index (χ2n) is 11.3. The van der Waals surface area contributed by atoms with E-state index < -0.39 is 57.6 Å². The number of nitrogens with zero attached hydrogens (tertiary/aromatic N) is 4. The van der Waals surface area contributed by atoms with Crippen molar-refractivity contribution in [3.05, 3.63) is 85.4 Å². The van der Waals surface area contributed by atoms with Gasteiger partial charge >= 0.3 is 17.7 Å². The summed E-state index contributed by atoms with van der Waals surface area (Å²) in [5, 5.41) is 11.8. The molecule has 0 bridgehead atoms. The summed E-state index contributed by atoms with van der Waals surface area (Å²) in [4.78, 5) is 67.6. The number of carboxylic acid groups (broad SMARTS) is 1. The fraction of sp³-hybridized carbons (Fsp3) is 0.367. The molecule has 1 saturated heterocycles. The van der Waals surface area contributed by atoms with Crippen molar-refractivity contribution in [1.29, 1.82) is 0 Å². The largest absolute Gasteiger partial charge is 0.478 e. The van der Waals surface area contributed by atoms with Crippen molar-refractivity contribution in [2.45, 2.75) is 38.4 Å². The molecule has 0 atom stereocenters. The van der Waals surface area contributed by atoms with E-state index in [2.05, 4.69) is 5.32 Å². The average molecular weight is 676 g/mol. The van der Waals surface area contributed by atoms with E-state index in [4.69, 9.17) is 11.6 Å². The van der Waals surface area contributed by atoms with Crippen LogP contribution in [0.4, 0.5) is 14.9 Å². The number of amides is 3. The Morgan fingerprint density at radius 1 is 1.07 bits per heavy atom. The number of aromatic carboxylic acids is 1. The molecule has 2 N–H and O–H groups in total. The van der Waals surface area contributed by atoms with Gasteiger partial charge in [-0.2, -0.15) is 0 Å². The lowest BCUT2D eigenvalue weighted by molar-refractivity contribution is -0.133. The van der Waals surface area contributed by atoms with Crippen LogP contribution < -0.4 is 16.6 Å². The first-order valence-corrected chi connectivity index (χ1v) is 16.9. The number of halogens is 2. The number of piperidine rings is 1. The number of carbonyl (C=O) groups is 3. The fourth-order valence-electron chi connectivity index (χ4n) is 5.72.